The summed E-state index contributed by atoms with van der Waals surface area (Å²) < 4.78 is 2.92. The topological polar surface area (TPSA) is 43.8 Å². The fourth-order valence-corrected chi connectivity index (χ4v) is 3.04. The van der Waals surface area contributed by atoms with Gasteiger partial charge in [-0.25, -0.2) is 0 Å². The molecule has 0 radical (unpaired) electrons. The second-order valence-corrected chi connectivity index (χ2v) is 5.56. The molecule has 2 aromatic rings. The zero-order valence-corrected chi connectivity index (χ0v) is 12.2. The van der Waals surface area contributed by atoms with Crippen molar-refractivity contribution in [1.29, 1.82) is 0 Å². The van der Waals surface area contributed by atoms with Crippen molar-refractivity contribution in [2.75, 3.05) is 5.73 Å². The SMILES string of the molecule is CCc1nn(C)c(Sc2ccccc2Br)c1N. The molecule has 90 valence electrons. The first-order chi connectivity index (χ1) is 8.13. The maximum Gasteiger partial charge on any atom is 0.122 e. The van der Waals surface area contributed by atoms with Crippen molar-refractivity contribution in [1.82, 2.24) is 9.78 Å². The van der Waals surface area contributed by atoms with Gasteiger partial charge in [-0.1, -0.05) is 30.8 Å². The highest BCUT2D eigenvalue weighted by Gasteiger charge is 2.14. The molecule has 0 unspecified atom stereocenters. The smallest absolute Gasteiger partial charge is 0.122 e. The van der Waals surface area contributed by atoms with Crippen LogP contribution in [0.15, 0.2) is 38.7 Å². The Bertz CT molecular complexity index is 537. The van der Waals surface area contributed by atoms with Gasteiger partial charge in [0.15, 0.2) is 0 Å². The zero-order valence-electron chi connectivity index (χ0n) is 9.77. The molecule has 17 heavy (non-hydrogen) atoms. The van der Waals surface area contributed by atoms with Crippen molar-refractivity contribution in [2.45, 2.75) is 23.3 Å². The van der Waals surface area contributed by atoms with Crippen LogP contribution in [0.3, 0.4) is 0 Å². The van der Waals surface area contributed by atoms with E-state index < -0.39 is 0 Å². The first-order valence-corrected chi connectivity index (χ1v) is 6.98. The maximum absolute atomic E-state index is 6.09. The van der Waals surface area contributed by atoms with Gasteiger partial charge < -0.3 is 5.73 Å². The predicted octanol–water partition coefficient (Wildman–Crippen LogP) is 3.48. The molecule has 0 aliphatic rings. The normalized spacial score (nSPS) is 10.8. The second-order valence-electron chi connectivity index (χ2n) is 3.68. The highest BCUT2D eigenvalue weighted by Crippen LogP contribution is 2.37. The molecule has 1 heterocycles. The molecule has 0 aliphatic heterocycles. The van der Waals surface area contributed by atoms with Crippen molar-refractivity contribution in [3.8, 4) is 0 Å². The van der Waals surface area contributed by atoms with Crippen molar-refractivity contribution in [2.24, 2.45) is 7.05 Å². The van der Waals surface area contributed by atoms with Crippen LogP contribution >= 0.6 is 27.7 Å². The lowest BCUT2D eigenvalue weighted by atomic mass is 10.3. The molecule has 5 heteroatoms. The molecule has 0 aliphatic carbocycles. The Morgan fingerprint density at radius 3 is 2.71 bits per heavy atom. The van der Waals surface area contributed by atoms with Crippen LogP contribution in [-0.2, 0) is 13.5 Å². The summed E-state index contributed by atoms with van der Waals surface area (Å²) in [5.74, 6) is 0. The van der Waals surface area contributed by atoms with Gasteiger partial charge in [0.2, 0.25) is 0 Å². The Labute approximate surface area is 114 Å². The summed E-state index contributed by atoms with van der Waals surface area (Å²) in [7, 11) is 1.93. The number of nitrogens with two attached hydrogens (primary N) is 1. The summed E-state index contributed by atoms with van der Waals surface area (Å²) in [5, 5.41) is 5.40. The van der Waals surface area contributed by atoms with Gasteiger partial charge in [0, 0.05) is 16.4 Å². The number of nitrogen functional groups attached to an aromatic ring is 1. The molecule has 0 saturated heterocycles. The Kier molecular flexibility index (Phi) is 3.79. The summed E-state index contributed by atoms with van der Waals surface area (Å²) in [6.45, 7) is 2.06. The first-order valence-electron chi connectivity index (χ1n) is 5.37. The predicted molar refractivity (Wildman–Crippen MR) is 75.3 cm³/mol. The van der Waals surface area contributed by atoms with Crippen LogP contribution in [0.1, 0.15) is 12.6 Å². The Morgan fingerprint density at radius 1 is 1.41 bits per heavy atom. The minimum atomic E-state index is 0.788. The van der Waals surface area contributed by atoms with Gasteiger partial charge in [-0.2, -0.15) is 5.10 Å². The Balaban J connectivity index is 2.37. The summed E-state index contributed by atoms with van der Waals surface area (Å²) in [6, 6.07) is 8.10. The van der Waals surface area contributed by atoms with E-state index in [1.165, 1.54) is 0 Å². The molecule has 0 amide bonds. The van der Waals surface area contributed by atoms with Crippen LogP contribution in [0.4, 0.5) is 5.69 Å². The van der Waals surface area contributed by atoms with E-state index in [4.69, 9.17) is 5.73 Å². The van der Waals surface area contributed by atoms with Gasteiger partial charge in [0.05, 0.1) is 11.4 Å². The third-order valence-corrected chi connectivity index (χ3v) is 4.69. The standard InChI is InChI=1S/C12H14BrN3S/c1-3-9-11(14)12(16(2)15-9)17-10-7-5-4-6-8(10)13/h4-7H,3,14H2,1-2H3. The van der Waals surface area contributed by atoms with E-state index in [-0.39, 0.29) is 0 Å². The minimum absolute atomic E-state index is 0.788. The number of halogens is 1. The number of aromatic nitrogens is 2. The number of benzene rings is 1. The number of nitrogens with zero attached hydrogens (tertiary/aromatic N) is 2. The molecule has 0 bridgehead atoms. The number of hydrogen-bond acceptors (Lipinski definition) is 3. The number of rotatable bonds is 3. The highest BCUT2D eigenvalue weighted by atomic mass is 79.9. The third-order valence-electron chi connectivity index (χ3n) is 2.48. The lowest BCUT2D eigenvalue weighted by Crippen LogP contribution is -1.93. The largest absolute Gasteiger partial charge is 0.395 e. The lowest BCUT2D eigenvalue weighted by Gasteiger charge is -2.05. The van der Waals surface area contributed by atoms with E-state index in [2.05, 4.69) is 34.0 Å². The van der Waals surface area contributed by atoms with Gasteiger partial charge in [-0.3, -0.25) is 4.68 Å². The minimum Gasteiger partial charge on any atom is -0.395 e. The fraction of sp³-hybridized carbons (Fsp3) is 0.250. The average molecular weight is 312 g/mol. The summed E-state index contributed by atoms with van der Waals surface area (Å²) >= 11 is 5.17. The number of hydrogen-bond donors (Lipinski definition) is 1. The van der Waals surface area contributed by atoms with Crippen molar-refractivity contribution in [3.63, 3.8) is 0 Å². The molecule has 1 aromatic heterocycles. The number of aryl methyl sites for hydroxylation is 2. The summed E-state index contributed by atoms with van der Waals surface area (Å²) in [5.41, 5.74) is 7.84. The van der Waals surface area contributed by atoms with E-state index >= 15 is 0 Å². The van der Waals surface area contributed by atoms with Gasteiger partial charge in [-0.15, -0.1) is 0 Å². The molecular weight excluding hydrogens is 298 g/mol. The van der Waals surface area contributed by atoms with Crippen LogP contribution < -0.4 is 5.73 Å². The molecule has 0 atom stereocenters. The van der Waals surface area contributed by atoms with E-state index in [9.17, 15) is 0 Å². The average Bonchev–Trinajstić information content (AvgIpc) is 2.59. The lowest BCUT2D eigenvalue weighted by molar-refractivity contribution is 0.687. The molecule has 1 aromatic carbocycles. The molecule has 2 N–H and O–H groups in total. The van der Waals surface area contributed by atoms with Gasteiger partial charge in [0.1, 0.15) is 5.03 Å². The van der Waals surface area contributed by atoms with Gasteiger partial charge >= 0.3 is 0 Å². The Hall–Kier alpha value is -0.940. The molecule has 0 saturated carbocycles. The zero-order chi connectivity index (χ0) is 12.4. The summed E-state index contributed by atoms with van der Waals surface area (Å²) in [6.07, 6.45) is 0.857. The molecule has 2 rings (SSSR count). The van der Waals surface area contributed by atoms with Crippen LogP contribution in [0.5, 0.6) is 0 Å². The quantitative estimate of drug-likeness (QED) is 0.943. The number of anilines is 1. The van der Waals surface area contributed by atoms with Crippen molar-refractivity contribution in [3.05, 3.63) is 34.4 Å². The monoisotopic (exact) mass is 311 g/mol. The third kappa shape index (κ3) is 2.50. The van der Waals surface area contributed by atoms with Crippen LogP contribution in [-0.4, -0.2) is 9.78 Å². The van der Waals surface area contributed by atoms with Crippen LogP contribution in [0.25, 0.3) is 0 Å². The van der Waals surface area contributed by atoms with E-state index in [0.717, 1.165) is 32.2 Å². The Morgan fingerprint density at radius 2 is 2.12 bits per heavy atom. The van der Waals surface area contributed by atoms with Crippen molar-refractivity contribution < 1.29 is 0 Å². The second kappa shape index (κ2) is 5.14. The fourth-order valence-electron chi connectivity index (χ4n) is 1.59. The maximum atomic E-state index is 6.09. The van der Waals surface area contributed by atoms with E-state index in [0.29, 0.717) is 0 Å². The first kappa shape index (κ1) is 12.5. The van der Waals surface area contributed by atoms with E-state index in [1.807, 2.05) is 29.9 Å². The molecular formula is C12H14BrN3S. The highest BCUT2D eigenvalue weighted by molar-refractivity contribution is 9.10. The molecule has 3 nitrogen and oxygen atoms in total. The van der Waals surface area contributed by atoms with Gasteiger partial charge in [-0.05, 0) is 34.5 Å². The van der Waals surface area contributed by atoms with Crippen molar-refractivity contribution >= 4 is 33.4 Å². The summed E-state index contributed by atoms with van der Waals surface area (Å²) in [4.78, 5) is 1.14. The van der Waals surface area contributed by atoms with Crippen LogP contribution in [0, 0.1) is 0 Å². The van der Waals surface area contributed by atoms with Crippen LogP contribution in [0.2, 0.25) is 0 Å². The van der Waals surface area contributed by atoms with Gasteiger partial charge in [0.25, 0.3) is 0 Å². The van der Waals surface area contributed by atoms with E-state index in [1.54, 1.807) is 11.8 Å². The molecule has 0 fully saturated rings. The molecule has 0 spiro atoms.